The van der Waals surface area contributed by atoms with E-state index in [1.165, 1.54) is 70.6 Å². The van der Waals surface area contributed by atoms with Gasteiger partial charge < -0.3 is 89.5 Å². The van der Waals surface area contributed by atoms with Gasteiger partial charge in [0.15, 0.2) is 18.7 Å². The van der Waals surface area contributed by atoms with Gasteiger partial charge in [-0.15, -0.1) is 0 Å². The van der Waals surface area contributed by atoms with E-state index in [2.05, 4.69) is 38.2 Å². The number of phosphoric ester groups is 1. The third-order valence-corrected chi connectivity index (χ3v) is 15.7. The van der Waals surface area contributed by atoms with Crippen molar-refractivity contribution >= 4 is 19.8 Å². The summed E-state index contributed by atoms with van der Waals surface area (Å²) in [6.07, 6.45) is 0.205. The minimum atomic E-state index is -5.64. The van der Waals surface area contributed by atoms with Crippen LogP contribution in [-0.4, -0.2) is 204 Å². The fraction of sp³-hybridized carbons (Fsp3) is 0.893. The fourth-order valence-corrected chi connectivity index (χ4v) is 10.8. The van der Waals surface area contributed by atoms with Crippen molar-refractivity contribution in [3.05, 3.63) is 24.3 Å². The molecule has 3 fully saturated rings. The molecule has 12 N–H and O–H groups in total. The zero-order valence-electron chi connectivity index (χ0n) is 47.3. The van der Waals surface area contributed by atoms with Crippen molar-refractivity contribution in [3.63, 3.8) is 0 Å². The molecule has 80 heavy (non-hydrogen) atoms. The Balaban J connectivity index is 1.69. The molecular weight excluding hydrogens is 1070 g/mol. The molecule has 0 aromatic carbocycles. The molecule has 3 aliphatic rings. The zero-order chi connectivity index (χ0) is 58.9. The van der Waals surface area contributed by atoms with Crippen LogP contribution in [0.4, 0.5) is 0 Å². The summed E-state index contributed by atoms with van der Waals surface area (Å²) in [5.74, 6) is -1.35. The van der Waals surface area contributed by atoms with E-state index in [0.29, 0.717) is 19.3 Å². The van der Waals surface area contributed by atoms with Crippen LogP contribution in [0.15, 0.2) is 24.3 Å². The van der Waals surface area contributed by atoms with Crippen molar-refractivity contribution in [1.82, 2.24) is 0 Å². The molecule has 0 amide bonds. The Morgan fingerprint density at radius 2 is 0.887 bits per heavy atom. The Bertz CT molecular complexity index is 1690. The Labute approximate surface area is 473 Å². The molecule has 0 bridgehead atoms. The van der Waals surface area contributed by atoms with Gasteiger partial charge in [0.05, 0.1) is 19.8 Å². The number of hydrogen-bond acceptors (Lipinski definition) is 22. The summed E-state index contributed by atoms with van der Waals surface area (Å²) in [6, 6.07) is 0. The number of aliphatic hydroxyl groups excluding tert-OH is 11. The van der Waals surface area contributed by atoms with Gasteiger partial charge in [-0.1, -0.05) is 160 Å². The summed E-state index contributed by atoms with van der Waals surface area (Å²) >= 11 is 0. The van der Waals surface area contributed by atoms with Crippen molar-refractivity contribution in [2.75, 3.05) is 26.4 Å². The lowest BCUT2D eigenvalue weighted by molar-refractivity contribution is -0.360. The quantitative estimate of drug-likeness (QED) is 0.0177. The van der Waals surface area contributed by atoms with E-state index < -0.39 is 150 Å². The smallest absolute Gasteiger partial charge is 0.462 e. The van der Waals surface area contributed by atoms with Crippen molar-refractivity contribution in [3.8, 4) is 0 Å². The van der Waals surface area contributed by atoms with Gasteiger partial charge in [-0.25, -0.2) is 4.57 Å². The molecule has 0 spiro atoms. The number of ether oxygens (including phenoxy) is 6. The lowest BCUT2D eigenvalue weighted by Crippen LogP contribution is -2.69. The number of esters is 2. The van der Waals surface area contributed by atoms with Gasteiger partial charge in [0.25, 0.3) is 0 Å². The summed E-state index contributed by atoms with van der Waals surface area (Å²) in [5.41, 5.74) is 0. The number of aliphatic hydroxyl groups is 11. The second kappa shape index (κ2) is 41.1. The third kappa shape index (κ3) is 26.5. The highest BCUT2D eigenvalue weighted by molar-refractivity contribution is 7.47. The first-order chi connectivity index (χ1) is 38.4. The molecule has 0 aromatic heterocycles. The average Bonchev–Trinajstić information content (AvgIpc) is 3.44. The van der Waals surface area contributed by atoms with E-state index in [1.54, 1.807) is 0 Å². The number of hydrogen-bond donors (Lipinski definition) is 12. The van der Waals surface area contributed by atoms with Gasteiger partial charge in [-0.05, 0) is 38.5 Å². The van der Waals surface area contributed by atoms with Gasteiger partial charge >= 0.3 is 19.8 Å². The fourth-order valence-electron chi connectivity index (χ4n) is 9.80. The van der Waals surface area contributed by atoms with Crippen LogP contribution in [0.2, 0.25) is 0 Å². The van der Waals surface area contributed by atoms with Gasteiger partial charge in [-0.2, -0.15) is 0 Å². The molecular formula is C56H101O23P. The zero-order valence-corrected chi connectivity index (χ0v) is 48.2. The highest BCUT2D eigenvalue weighted by Gasteiger charge is 2.58. The molecule has 3 rings (SSSR count). The van der Waals surface area contributed by atoms with Crippen LogP contribution >= 0.6 is 7.82 Å². The van der Waals surface area contributed by atoms with Crippen LogP contribution in [0.5, 0.6) is 0 Å². The van der Waals surface area contributed by atoms with Crippen molar-refractivity contribution in [2.24, 2.45) is 0 Å². The molecule has 1 aliphatic carbocycles. The van der Waals surface area contributed by atoms with Crippen molar-refractivity contribution < 1.29 is 113 Å². The molecule has 10 unspecified atom stereocenters. The maximum atomic E-state index is 14.0. The van der Waals surface area contributed by atoms with Crippen molar-refractivity contribution in [2.45, 2.75) is 291 Å². The van der Waals surface area contributed by atoms with Gasteiger partial charge in [0.1, 0.15) is 92.1 Å². The summed E-state index contributed by atoms with van der Waals surface area (Å²) < 4.78 is 58.1. The number of unbranched alkanes of at least 4 members (excludes halogenated alkanes) is 21. The van der Waals surface area contributed by atoms with Crippen LogP contribution in [-0.2, 0) is 51.6 Å². The third-order valence-electron chi connectivity index (χ3n) is 14.8. The van der Waals surface area contributed by atoms with Crippen LogP contribution < -0.4 is 0 Å². The van der Waals surface area contributed by atoms with Gasteiger partial charge in [-0.3, -0.25) is 18.6 Å². The molecule has 2 heterocycles. The molecule has 2 aliphatic heterocycles. The van der Waals surface area contributed by atoms with Crippen molar-refractivity contribution in [1.29, 1.82) is 0 Å². The number of carbonyl (C=O) groups excluding carboxylic acids is 2. The number of allylic oxidation sites excluding steroid dienone is 4. The number of phosphoric acid groups is 1. The maximum Gasteiger partial charge on any atom is 0.472 e. The van der Waals surface area contributed by atoms with E-state index >= 15 is 0 Å². The second-order valence-electron chi connectivity index (χ2n) is 21.5. The summed E-state index contributed by atoms with van der Waals surface area (Å²) in [7, 11) is -5.64. The van der Waals surface area contributed by atoms with E-state index in [4.69, 9.17) is 37.5 Å². The highest BCUT2D eigenvalue weighted by atomic mass is 31.2. The first-order valence-corrected chi connectivity index (χ1v) is 31.2. The van der Waals surface area contributed by atoms with E-state index in [1.807, 2.05) is 0 Å². The Kier molecular flexibility index (Phi) is 37.1. The first kappa shape index (κ1) is 72.2. The minimum Gasteiger partial charge on any atom is -0.462 e. The molecule has 0 radical (unpaired) electrons. The SMILES string of the molecule is CCC/C=C\C/C=C\CCCCCCCC(=O)O[C@H](COC(=O)CCCCCCCCCCCCCCCCCC)COP(=O)(O)OC1C(O[C@@H]2OC(CO)[C@H](O)C(O)[C@@H]2O)C(O)C(O)C(O)[C@H]1O[C@H]1OC(CO)[C@@H](O)C(O)[C@H]1O. The van der Waals surface area contributed by atoms with E-state index in [0.717, 1.165) is 70.6 Å². The van der Waals surface area contributed by atoms with E-state index in [9.17, 15) is 75.2 Å². The topological polar surface area (TPSA) is 368 Å². The Morgan fingerprint density at radius 1 is 0.475 bits per heavy atom. The number of carbonyl (C=O) groups is 2. The van der Waals surface area contributed by atoms with Crippen LogP contribution in [0.1, 0.15) is 187 Å². The highest BCUT2D eigenvalue weighted by Crippen LogP contribution is 2.49. The maximum absolute atomic E-state index is 14.0. The summed E-state index contributed by atoms with van der Waals surface area (Å²) in [5, 5.41) is 117. The molecule has 1 saturated carbocycles. The first-order valence-electron chi connectivity index (χ1n) is 29.7. The molecule has 2 saturated heterocycles. The predicted molar refractivity (Wildman–Crippen MR) is 291 cm³/mol. The Morgan fingerprint density at radius 3 is 1.34 bits per heavy atom. The monoisotopic (exact) mass is 1170 g/mol. The number of rotatable bonds is 43. The minimum absolute atomic E-state index is 0.0466. The normalized spacial score (nSPS) is 31.4. The Hall–Kier alpha value is -2.07. The van der Waals surface area contributed by atoms with E-state index in [-0.39, 0.29) is 12.8 Å². The summed E-state index contributed by atoms with van der Waals surface area (Å²) in [4.78, 5) is 37.5. The molecule has 23 nitrogen and oxygen atoms in total. The van der Waals surface area contributed by atoms with Crippen LogP contribution in [0.25, 0.3) is 0 Å². The molecule has 18 atom stereocenters. The lowest BCUT2D eigenvalue weighted by atomic mass is 9.84. The van der Waals surface area contributed by atoms with Crippen LogP contribution in [0, 0.1) is 0 Å². The predicted octanol–water partition coefficient (Wildman–Crippen LogP) is 4.10. The summed E-state index contributed by atoms with van der Waals surface area (Å²) in [6.45, 7) is 0.933. The molecule has 24 heteroatoms. The standard InChI is InChI=1S/C56H101O23P/c1-3-5-7-9-11-13-15-17-18-19-21-22-24-26-28-30-32-41(59)72-36-38(74-42(60)33-31-29-27-25-23-20-16-14-12-10-8-6-4-2)37-73-80(70,71)79-54-52(77-55-50(68)45(63)43(61)39(34-57)75-55)48(66)47(65)49(67)53(54)78-56-51(69)46(64)44(62)40(35-58)76-56/h8,10,14,16,38-40,43-58,61-69H,3-7,9,11-13,15,17-37H2,1-2H3,(H,70,71)/b10-8-,16-14-/t38-,39?,40?,43-,44+,45?,46?,47?,48?,49?,50-,51+,52-,53?,54?,55-,56+/m1/s1. The lowest BCUT2D eigenvalue weighted by Gasteiger charge is -2.49. The second-order valence-corrected chi connectivity index (χ2v) is 22.9. The molecule has 468 valence electrons. The van der Waals surface area contributed by atoms with Gasteiger partial charge in [0.2, 0.25) is 0 Å². The van der Waals surface area contributed by atoms with Gasteiger partial charge in [0, 0.05) is 12.8 Å². The largest absolute Gasteiger partial charge is 0.472 e. The van der Waals surface area contributed by atoms with Crippen LogP contribution in [0.3, 0.4) is 0 Å². The molecule has 0 aromatic rings. The average molecular weight is 1170 g/mol.